The normalized spacial score (nSPS) is 10.7. The first kappa shape index (κ1) is 17.9. The van der Waals surface area contributed by atoms with Crippen LogP contribution in [0, 0.1) is 5.82 Å². The summed E-state index contributed by atoms with van der Waals surface area (Å²) >= 11 is 1.17. The molecule has 0 aliphatic carbocycles. The minimum absolute atomic E-state index is 0.0702. The van der Waals surface area contributed by atoms with Gasteiger partial charge in [-0.1, -0.05) is 42.1 Å². The lowest BCUT2D eigenvalue weighted by atomic mass is 10.2. The predicted molar refractivity (Wildman–Crippen MR) is 101 cm³/mol. The Morgan fingerprint density at radius 3 is 2.54 bits per heavy atom. The fourth-order valence-electron chi connectivity index (χ4n) is 2.52. The number of hydrogen-bond acceptors (Lipinski definition) is 5. The number of carbonyl (C=O) groups is 1. The Morgan fingerprint density at radius 1 is 1.15 bits per heavy atom. The second-order valence-corrected chi connectivity index (χ2v) is 6.36. The highest BCUT2D eigenvalue weighted by atomic mass is 32.2. The van der Waals surface area contributed by atoms with Crippen molar-refractivity contribution in [2.24, 2.45) is 0 Å². The van der Waals surface area contributed by atoms with E-state index in [0.29, 0.717) is 11.7 Å². The van der Waals surface area contributed by atoms with Gasteiger partial charge in [0.25, 0.3) is 0 Å². The Labute approximate surface area is 154 Å². The monoisotopic (exact) mass is 371 g/mol. The molecule has 3 aromatic rings. The van der Waals surface area contributed by atoms with E-state index < -0.39 is 5.82 Å². The van der Waals surface area contributed by atoms with Crippen molar-refractivity contribution in [2.75, 3.05) is 23.0 Å². The molecule has 0 atom stereocenters. The molecular formula is C18H18FN5OS. The molecule has 8 heteroatoms. The van der Waals surface area contributed by atoms with Crippen molar-refractivity contribution in [3.8, 4) is 11.4 Å². The molecule has 0 spiro atoms. The van der Waals surface area contributed by atoms with Gasteiger partial charge < -0.3 is 10.7 Å². The van der Waals surface area contributed by atoms with E-state index in [1.54, 1.807) is 23.1 Å². The number of para-hydroxylation sites is 1. The van der Waals surface area contributed by atoms with E-state index in [1.165, 1.54) is 22.5 Å². The number of thioether (sulfide) groups is 1. The van der Waals surface area contributed by atoms with Gasteiger partial charge in [-0.15, -0.1) is 10.2 Å². The van der Waals surface area contributed by atoms with Gasteiger partial charge in [0.05, 0.1) is 11.3 Å². The van der Waals surface area contributed by atoms with Crippen molar-refractivity contribution in [3.05, 3.63) is 60.4 Å². The molecule has 0 bridgehead atoms. The Bertz CT molecular complexity index is 900. The van der Waals surface area contributed by atoms with Crippen LogP contribution in [0.4, 0.5) is 10.1 Å². The quantitative estimate of drug-likeness (QED) is 0.532. The molecule has 134 valence electrons. The van der Waals surface area contributed by atoms with Crippen molar-refractivity contribution in [3.63, 3.8) is 0 Å². The summed E-state index contributed by atoms with van der Waals surface area (Å²) in [5.74, 6) is 5.85. The van der Waals surface area contributed by atoms with Crippen LogP contribution in [0.1, 0.15) is 6.92 Å². The van der Waals surface area contributed by atoms with Crippen LogP contribution >= 0.6 is 11.8 Å². The van der Waals surface area contributed by atoms with E-state index in [-0.39, 0.29) is 23.0 Å². The molecule has 0 fully saturated rings. The second kappa shape index (κ2) is 8.01. The largest absolute Gasteiger partial charge is 0.335 e. The molecule has 0 saturated carbocycles. The number of rotatable bonds is 6. The molecule has 1 aromatic heterocycles. The van der Waals surface area contributed by atoms with Gasteiger partial charge in [0.1, 0.15) is 5.82 Å². The van der Waals surface area contributed by atoms with E-state index in [4.69, 9.17) is 5.84 Å². The molecule has 2 aromatic carbocycles. The fraction of sp³-hybridized carbons (Fsp3) is 0.167. The van der Waals surface area contributed by atoms with Crippen LogP contribution < -0.4 is 10.7 Å². The van der Waals surface area contributed by atoms with Gasteiger partial charge in [0.15, 0.2) is 5.82 Å². The molecule has 0 aliphatic heterocycles. The summed E-state index contributed by atoms with van der Waals surface area (Å²) < 4.78 is 15.1. The van der Waals surface area contributed by atoms with E-state index in [2.05, 4.69) is 10.2 Å². The molecule has 0 aliphatic rings. The molecule has 2 N–H and O–H groups in total. The number of benzene rings is 2. The first-order valence-corrected chi connectivity index (χ1v) is 9.04. The summed E-state index contributed by atoms with van der Waals surface area (Å²) in [5, 5.41) is 8.27. The van der Waals surface area contributed by atoms with Crippen LogP contribution in [0.3, 0.4) is 0 Å². The van der Waals surface area contributed by atoms with Gasteiger partial charge >= 0.3 is 0 Å². The highest BCUT2D eigenvalue weighted by Gasteiger charge is 2.18. The lowest BCUT2D eigenvalue weighted by Gasteiger charge is -2.20. The van der Waals surface area contributed by atoms with Crippen LogP contribution in [-0.4, -0.2) is 33.1 Å². The number of nitrogens with zero attached hydrogens (tertiary/aromatic N) is 4. The first-order chi connectivity index (χ1) is 12.6. The van der Waals surface area contributed by atoms with Crippen LogP contribution in [0.2, 0.25) is 0 Å². The molecule has 0 unspecified atom stereocenters. The number of anilines is 1. The Balaban J connectivity index is 1.72. The number of hydrogen-bond donors (Lipinski definition) is 1. The molecule has 26 heavy (non-hydrogen) atoms. The van der Waals surface area contributed by atoms with Crippen molar-refractivity contribution < 1.29 is 9.18 Å². The summed E-state index contributed by atoms with van der Waals surface area (Å²) in [6.45, 7) is 2.47. The van der Waals surface area contributed by atoms with E-state index in [0.717, 1.165) is 5.69 Å². The van der Waals surface area contributed by atoms with Crippen molar-refractivity contribution in [2.45, 2.75) is 12.1 Å². The van der Waals surface area contributed by atoms with Gasteiger partial charge in [-0.3, -0.25) is 4.79 Å². The topological polar surface area (TPSA) is 77.0 Å². The molecule has 1 amide bonds. The third kappa shape index (κ3) is 3.70. The van der Waals surface area contributed by atoms with Gasteiger partial charge in [-0.2, -0.15) is 0 Å². The summed E-state index contributed by atoms with van der Waals surface area (Å²) in [4.78, 5) is 14.2. The molecule has 1 heterocycles. The van der Waals surface area contributed by atoms with Crippen molar-refractivity contribution >= 4 is 23.4 Å². The second-order valence-electron chi connectivity index (χ2n) is 5.42. The number of nitrogen functional groups attached to an aromatic ring is 1. The summed E-state index contributed by atoms with van der Waals surface area (Å²) in [6, 6.07) is 15.6. The standard InChI is InChI=1S/C18H18FN5OS/c1-2-23(13-8-4-3-5-9-13)16(25)12-26-18-22-21-17(24(18)20)14-10-6-7-11-15(14)19/h3-11H,2,12,20H2,1H3. The summed E-state index contributed by atoms with van der Waals surface area (Å²) in [6.07, 6.45) is 0. The average molecular weight is 371 g/mol. The number of amides is 1. The molecule has 0 radical (unpaired) electrons. The predicted octanol–water partition coefficient (Wildman–Crippen LogP) is 2.94. The lowest BCUT2D eigenvalue weighted by molar-refractivity contribution is -0.116. The van der Waals surface area contributed by atoms with Gasteiger partial charge in [0.2, 0.25) is 11.1 Å². The van der Waals surface area contributed by atoms with Gasteiger partial charge in [0, 0.05) is 12.2 Å². The Hall–Kier alpha value is -2.87. The van der Waals surface area contributed by atoms with Gasteiger partial charge in [-0.05, 0) is 31.2 Å². The zero-order valence-electron chi connectivity index (χ0n) is 14.2. The molecule has 3 rings (SSSR count). The van der Waals surface area contributed by atoms with Crippen molar-refractivity contribution in [1.82, 2.24) is 14.9 Å². The minimum Gasteiger partial charge on any atom is -0.335 e. The van der Waals surface area contributed by atoms with E-state index >= 15 is 0 Å². The maximum Gasteiger partial charge on any atom is 0.237 e. The number of carbonyl (C=O) groups excluding carboxylic acids is 1. The number of nitrogens with two attached hydrogens (primary N) is 1. The van der Waals surface area contributed by atoms with Crippen LogP contribution in [-0.2, 0) is 4.79 Å². The maximum absolute atomic E-state index is 13.9. The minimum atomic E-state index is -0.430. The third-order valence-electron chi connectivity index (χ3n) is 3.79. The fourth-order valence-corrected chi connectivity index (χ4v) is 3.25. The number of halogens is 1. The smallest absolute Gasteiger partial charge is 0.237 e. The lowest BCUT2D eigenvalue weighted by Crippen LogP contribution is -2.32. The molecule has 0 saturated heterocycles. The maximum atomic E-state index is 13.9. The highest BCUT2D eigenvalue weighted by Crippen LogP contribution is 2.24. The SMILES string of the molecule is CCN(C(=O)CSc1nnc(-c2ccccc2F)n1N)c1ccccc1. The van der Waals surface area contributed by atoms with Crippen LogP contribution in [0.15, 0.2) is 59.8 Å². The zero-order chi connectivity index (χ0) is 18.5. The van der Waals surface area contributed by atoms with Gasteiger partial charge in [-0.25, -0.2) is 9.07 Å². The number of aromatic nitrogens is 3. The first-order valence-electron chi connectivity index (χ1n) is 8.05. The van der Waals surface area contributed by atoms with Crippen molar-refractivity contribution in [1.29, 1.82) is 0 Å². The average Bonchev–Trinajstić information content (AvgIpc) is 3.02. The molecule has 6 nitrogen and oxygen atoms in total. The highest BCUT2D eigenvalue weighted by molar-refractivity contribution is 7.99. The van der Waals surface area contributed by atoms with Crippen LogP contribution in [0.25, 0.3) is 11.4 Å². The van der Waals surface area contributed by atoms with E-state index in [1.807, 2.05) is 37.3 Å². The molecular weight excluding hydrogens is 353 g/mol. The third-order valence-corrected chi connectivity index (χ3v) is 4.72. The summed E-state index contributed by atoms with van der Waals surface area (Å²) in [7, 11) is 0. The Morgan fingerprint density at radius 2 is 1.85 bits per heavy atom. The van der Waals surface area contributed by atoms with E-state index in [9.17, 15) is 9.18 Å². The zero-order valence-corrected chi connectivity index (χ0v) is 15.0. The Kier molecular flexibility index (Phi) is 5.52. The summed E-state index contributed by atoms with van der Waals surface area (Å²) in [5.41, 5.74) is 1.10. The van der Waals surface area contributed by atoms with Crippen LogP contribution in [0.5, 0.6) is 0 Å².